The van der Waals surface area contributed by atoms with Gasteiger partial charge < -0.3 is 10.4 Å². The number of allylic oxidation sites excluding steroid dienone is 1. The van der Waals surface area contributed by atoms with E-state index < -0.39 is 18.4 Å². The van der Waals surface area contributed by atoms with E-state index in [0.717, 1.165) is 0 Å². The predicted molar refractivity (Wildman–Crippen MR) is 63.5 cm³/mol. The van der Waals surface area contributed by atoms with Crippen molar-refractivity contribution in [1.82, 2.24) is 5.32 Å². The molecule has 18 heavy (non-hydrogen) atoms. The molecule has 104 valence electrons. The molecular formula is C12H19F2NO3. The van der Waals surface area contributed by atoms with Gasteiger partial charge in [0, 0.05) is 12.8 Å². The van der Waals surface area contributed by atoms with Crippen LogP contribution < -0.4 is 5.32 Å². The number of halogens is 2. The zero-order chi connectivity index (χ0) is 14.0. The lowest BCUT2D eigenvalue weighted by Gasteiger charge is -2.14. The first-order valence-electron chi connectivity index (χ1n) is 5.88. The monoisotopic (exact) mass is 263 g/mol. The van der Waals surface area contributed by atoms with Crippen LogP contribution in [0.25, 0.3) is 0 Å². The number of aliphatic carboxylic acids is 1. The largest absolute Gasteiger partial charge is 0.480 e. The van der Waals surface area contributed by atoms with Crippen LogP contribution in [0.2, 0.25) is 0 Å². The molecule has 2 N–H and O–H groups in total. The maximum Gasteiger partial charge on any atom is 0.326 e. The van der Waals surface area contributed by atoms with E-state index in [1.165, 1.54) is 0 Å². The molecule has 0 heterocycles. The number of alkyl halides is 2. The maximum atomic E-state index is 11.9. The number of carboxylic acid groups (broad SMARTS) is 1. The molecule has 0 aliphatic rings. The Morgan fingerprint density at radius 3 is 2.39 bits per heavy atom. The third-order valence-electron chi connectivity index (χ3n) is 2.37. The van der Waals surface area contributed by atoms with Gasteiger partial charge in [0.2, 0.25) is 12.3 Å². The van der Waals surface area contributed by atoms with Crippen LogP contribution in [0.4, 0.5) is 8.78 Å². The second kappa shape index (κ2) is 9.56. The molecule has 0 spiro atoms. The normalized spacial score (nSPS) is 12.2. The highest BCUT2D eigenvalue weighted by molar-refractivity contribution is 5.83. The van der Waals surface area contributed by atoms with Crippen LogP contribution in [0.15, 0.2) is 12.7 Å². The van der Waals surface area contributed by atoms with E-state index in [1.54, 1.807) is 6.08 Å². The van der Waals surface area contributed by atoms with E-state index in [9.17, 15) is 18.4 Å². The Hall–Kier alpha value is -1.46. The van der Waals surface area contributed by atoms with Crippen molar-refractivity contribution in [3.63, 3.8) is 0 Å². The van der Waals surface area contributed by atoms with Crippen molar-refractivity contribution in [3.8, 4) is 0 Å². The first-order valence-corrected chi connectivity index (χ1v) is 5.88. The lowest BCUT2D eigenvalue weighted by Crippen LogP contribution is -2.40. The van der Waals surface area contributed by atoms with Crippen molar-refractivity contribution in [2.45, 2.75) is 51.0 Å². The van der Waals surface area contributed by atoms with Crippen LogP contribution in [0.1, 0.15) is 38.5 Å². The summed E-state index contributed by atoms with van der Waals surface area (Å²) in [5.41, 5.74) is 0. The topological polar surface area (TPSA) is 66.4 Å². The molecular weight excluding hydrogens is 244 g/mol. The summed E-state index contributed by atoms with van der Waals surface area (Å²) in [6.45, 7) is 3.46. The molecule has 0 aliphatic carbocycles. The highest BCUT2D eigenvalue weighted by Crippen LogP contribution is 2.09. The van der Waals surface area contributed by atoms with Gasteiger partial charge >= 0.3 is 5.97 Å². The number of carbonyl (C=O) groups excluding carboxylic acids is 1. The molecule has 1 amide bonds. The van der Waals surface area contributed by atoms with Crippen molar-refractivity contribution in [1.29, 1.82) is 0 Å². The Morgan fingerprint density at radius 1 is 1.28 bits per heavy atom. The zero-order valence-corrected chi connectivity index (χ0v) is 10.2. The van der Waals surface area contributed by atoms with Crippen LogP contribution in [0.5, 0.6) is 0 Å². The highest BCUT2D eigenvalue weighted by Gasteiger charge is 2.19. The van der Waals surface area contributed by atoms with Gasteiger partial charge in [-0.2, -0.15) is 0 Å². The summed E-state index contributed by atoms with van der Waals surface area (Å²) in [5, 5.41) is 11.2. The fraction of sp³-hybridized carbons (Fsp3) is 0.667. The number of unbranched alkanes of at least 4 members (excludes halogenated alkanes) is 1. The predicted octanol–water partition coefficient (Wildman–Crippen LogP) is 2.35. The number of rotatable bonds is 10. The van der Waals surface area contributed by atoms with Gasteiger partial charge in [0.15, 0.2) is 0 Å². The summed E-state index contributed by atoms with van der Waals surface area (Å²) in [7, 11) is 0. The van der Waals surface area contributed by atoms with Gasteiger partial charge in [-0.15, -0.1) is 6.58 Å². The van der Waals surface area contributed by atoms with Crippen molar-refractivity contribution >= 4 is 11.9 Å². The van der Waals surface area contributed by atoms with Crippen molar-refractivity contribution < 1.29 is 23.5 Å². The average molecular weight is 263 g/mol. The summed E-state index contributed by atoms with van der Waals surface area (Å²) in [6, 6.07) is -1.00. The molecule has 1 unspecified atom stereocenters. The summed E-state index contributed by atoms with van der Waals surface area (Å²) < 4.78 is 23.7. The maximum absolute atomic E-state index is 11.9. The van der Waals surface area contributed by atoms with Gasteiger partial charge in [-0.1, -0.05) is 12.5 Å². The quantitative estimate of drug-likeness (QED) is 0.469. The van der Waals surface area contributed by atoms with Crippen molar-refractivity contribution in [2.24, 2.45) is 0 Å². The average Bonchev–Trinajstić information content (AvgIpc) is 2.29. The molecule has 0 aromatic carbocycles. The Morgan fingerprint density at radius 2 is 1.89 bits per heavy atom. The van der Waals surface area contributed by atoms with E-state index in [0.29, 0.717) is 12.8 Å². The third kappa shape index (κ3) is 8.66. The number of nitrogens with one attached hydrogen (secondary N) is 1. The van der Waals surface area contributed by atoms with E-state index in [1.807, 2.05) is 0 Å². The van der Waals surface area contributed by atoms with Crippen LogP contribution in [-0.4, -0.2) is 29.5 Å². The molecule has 0 aromatic heterocycles. The van der Waals surface area contributed by atoms with E-state index in [2.05, 4.69) is 11.9 Å². The first kappa shape index (κ1) is 16.5. The van der Waals surface area contributed by atoms with Crippen molar-refractivity contribution in [2.75, 3.05) is 0 Å². The Labute approximate surface area is 105 Å². The SMILES string of the molecule is C=CCCC(=O)NC(CCCCC(F)F)C(=O)O. The van der Waals surface area contributed by atoms with Crippen LogP contribution in [0.3, 0.4) is 0 Å². The number of amides is 1. The molecule has 4 nitrogen and oxygen atoms in total. The number of hydrogen-bond donors (Lipinski definition) is 2. The summed E-state index contributed by atoms with van der Waals surface area (Å²) in [4.78, 5) is 22.2. The van der Waals surface area contributed by atoms with Gasteiger partial charge in [-0.25, -0.2) is 13.6 Å². The summed E-state index contributed by atoms with van der Waals surface area (Å²) in [6.07, 6.45) is 0.396. The molecule has 0 radical (unpaired) electrons. The Balaban J connectivity index is 3.95. The number of carboxylic acids is 1. The van der Waals surface area contributed by atoms with Gasteiger partial charge in [0.1, 0.15) is 6.04 Å². The standard InChI is InChI=1S/C12H19F2NO3/c1-2-3-8-11(16)15-9(12(17)18)6-4-5-7-10(13)14/h2,9-10H,1,3-8H2,(H,15,16)(H,17,18). The molecule has 0 aliphatic heterocycles. The van der Waals surface area contributed by atoms with Crippen LogP contribution >= 0.6 is 0 Å². The van der Waals surface area contributed by atoms with Gasteiger partial charge in [0.05, 0.1) is 0 Å². The van der Waals surface area contributed by atoms with Gasteiger partial charge in [0.25, 0.3) is 0 Å². The second-order valence-corrected chi connectivity index (χ2v) is 3.96. The smallest absolute Gasteiger partial charge is 0.326 e. The van der Waals surface area contributed by atoms with E-state index >= 15 is 0 Å². The molecule has 0 aromatic rings. The molecule has 0 saturated carbocycles. The zero-order valence-electron chi connectivity index (χ0n) is 10.2. The molecule has 0 fully saturated rings. The minimum Gasteiger partial charge on any atom is -0.480 e. The first-order chi connectivity index (χ1) is 8.47. The molecule has 0 bridgehead atoms. The highest BCUT2D eigenvalue weighted by atomic mass is 19.3. The Kier molecular flexibility index (Phi) is 8.78. The molecule has 0 rings (SSSR count). The van der Waals surface area contributed by atoms with Gasteiger partial charge in [-0.05, 0) is 19.3 Å². The fourth-order valence-corrected chi connectivity index (χ4v) is 1.40. The summed E-state index contributed by atoms with van der Waals surface area (Å²) >= 11 is 0. The molecule has 6 heteroatoms. The fourth-order valence-electron chi connectivity index (χ4n) is 1.40. The lowest BCUT2D eigenvalue weighted by molar-refractivity contribution is -0.142. The Bertz CT molecular complexity index is 282. The third-order valence-corrected chi connectivity index (χ3v) is 2.37. The summed E-state index contributed by atoms with van der Waals surface area (Å²) in [5.74, 6) is -1.50. The minimum absolute atomic E-state index is 0.169. The van der Waals surface area contributed by atoms with E-state index in [-0.39, 0.29) is 31.6 Å². The van der Waals surface area contributed by atoms with Gasteiger partial charge in [-0.3, -0.25) is 4.79 Å². The molecule has 1 atom stereocenters. The number of carbonyl (C=O) groups is 2. The minimum atomic E-state index is -2.37. The number of hydrogen-bond acceptors (Lipinski definition) is 2. The van der Waals surface area contributed by atoms with Crippen LogP contribution in [0, 0.1) is 0 Å². The van der Waals surface area contributed by atoms with Crippen LogP contribution in [-0.2, 0) is 9.59 Å². The lowest BCUT2D eigenvalue weighted by atomic mass is 10.1. The van der Waals surface area contributed by atoms with E-state index in [4.69, 9.17) is 5.11 Å². The van der Waals surface area contributed by atoms with Crippen molar-refractivity contribution in [3.05, 3.63) is 12.7 Å². The molecule has 0 saturated heterocycles. The second-order valence-electron chi connectivity index (χ2n) is 3.96.